The standard InChI is InChI=1S/C13H18N2O/c1-8(2)11-6-7-12(14-9(11)3)13(16)15-10-4-5-10/h6-8,10H,4-5H2,1-3H3,(H,15,16). The second-order valence-electron chi connectivity index (χ2n) is 4.77. The molecule has 16 heavy (non-hydrogen) atoms. The van der Waals surface area contributed by atoms with Gasteiger partial charge in [0.15, 0.2) is 0 Å². The summed E-state index contributed by atoms with van der Waals surface area (Å²) in [7, 11) is 0. The van der Waals surface area contributed by atoms with Gasteiger partial charge in [-0.25, -0.2) is 4.98 Å². The van der Waals surface area contributed by atoms with Gasteiger partial charge in [-0.1, -0.05) is 19.9 Å². The maximum Gasteiger partial charge on any atom is 0.270 e. The van der Waals surface area contributed by atoms with Gasteiger partial charge >= 0.3 is 0 Å². The van der Waals surface area contributed by atoms with Gasteiger partial charge in [-0.05, 0) is 37.3 Å². The fourth-order valence-electron chi connectivity index (χ4n) is 1.80. The highest BCUT2D eigenvalue weighted by atomic mass is 16.2. The zero-order chi connectivity index (χ0) is 11.7. The molecule has 1 saturated carbocycles. The third-order valence-electron chi connectivity index (χ3n) is 2.89. The SMILES string of the molecule is Cc1nc(C(=O)NC2CC2)ccc1C(C)C. The second kappa shape index (κ2) is 4.24. The lowest BCUT2D eigenvalue weighted by molar-refractivity contribution is 0.0946. The van der Waals surface area contributed by atoms with E-state index in [-0.39, 0.29) is 5.91 Å². The van der Waals surface area contributed by atoms with Crippen molar-refractivity contribution in [1.82, 2.24) is 10.3 Å². The van der Waals surface area contributed by atoms with Gasteiger partial charge in [-0.3, -0.25) is 4.79 Å². The summed E-state index contributed by atoms with van der Waals surface area (Å²) in [6.45, 7) is 6.23. The van der Waals surface area contributed by atoms with Crippen molar-refractivity contribution >= 4 is 5.91 Å². The number of rotatable bonds is 3. The molecule has 1 heterocycles. The molecular formula is C13H18N2O. The summed E-state index contributed by atoms with van der Waals surface area (Å²) in [5.41, 5.74) is 2.70. The van der Waals surface area contributed by atoms with E-state index in [1.54, 1.807) is 0 Å². The Hall–Kier alpha value is -1.38. The summed E-state index contributed by atoms with van der Waals surface area (Å²) in [4.78, 5) is 16.1. The summed E-state index contributed by atoms with van der Waals surface area (Å²) in [6, 6.07) is 4.22. The number of pyridine rings is 1. The van der Waals surface area contributed by atoms with Crippen molar-refractivity contribution in [3.8, 4) is 0 Å². The lowest BCUT2D eigenvalue weighted by Gasteiger charge is -2.10. The number of amides is 1. The van der Waals surface area contributed by atoms with Crippen molar-refractivity contribution in [2.45, 2.75) is 45.6 Å². The minimum atomic E-state index is -0.0408. The summed E-state index contributed by atoms with van der Waals surface area (Å²) in [6.07, 6.45) is 2.21. The van der Waals surface area contributed by atoms with Crippen molar-refractivity contribution in [3.63, 3.8) is 0 Å². The van der Waals surface area contributed by atoms with Crippen LogP contribution in [0.3, 0.4) is 0 Å². The number of aromatic nitrogens is 1. The smallest absolute Gasteiger partial charge is 0.270 e. The predicted molar refractivity (Wildman–Crippen MR) is 63.6 cm³/mol. The van der Waals surface area contributed by atoms with Gasteiger partial charge in [0.05, 0.1) is 0 Å². The molecule has 0 saturated heterocycles. The number of nitrogens with zero attached hydrogens (tertiary/aromatic N) is 1. The first kappa shape index (κ1) is 11.1. The topological polar surface area (TPSA) is 42.0 Å². The molecule has 0 spiro atoms. The average molecular weight is 218 g/mol. The van der Waals surface area contributed by atoms with Gasteiger partial charge in [-0.2, -0.15) is 0 Å². The fourth-order valence-corrected chi connectivity index (χ4v) is 1.80. The summed E-state index contributed by atoms with van der Waals surface area (Å²) < 4.78 is 0. The molecule has 1 N–H and O–H groups in total. The van der Waals surface area contributed by atoms with Crippen LogP contribution in [0.1, 0.15) is 54.4 Å². The maximum atomic E-state index is 11.8. The van der Waals surface area contributed by atoms with Gasteiger partial charge in [0.2, 0.25) is 0 Å². The molecule has 3 nitrogen and oxygen atoms in total. The maximum absolute atomic E-state index is 11.8. The Kier molecular flexibility index (Phi) is 2.95. The average Bonchev–Trinajstić information content (AvgIpc) is 3.00. The zero-order valence-electron chi connectivity index (χ0n) is 10.1. The van der Waals surface area contributed by atoms with Crippen LogP contribution in [-0.2, 0) is 0 Å². The van der Waals surface area contributed by atoms with Crippen LogP contribution < -0.4 is 5.32 Å². The van der Waals surface area contributed by atoms with Crippen LogP contribution in [0.15, 0.2) is 12.1 Å². The van der Waals surface area contributed by atoms with Crippen LogP contribution in [-0.4, -0.2) is 16.9 Å². The van der Waals surface area contributed by atoms with E-state index in [0.717, 1.165) is 18.5 Å². The number of carbonyl (C=O) groups excluding carboxylic acids is 1. The molecule has 0 radical (unpaired) electrons. The number of hydrogen-bond acceptors (Lipinski definition) is 2. The van der Waals surface area contributed by atoms with Crippen molar-refractivity contribution in [2.24, 2.45) is 0 Å². The summed E-state index contributed by atoms with van der Waals surface area (Å²) in [5, 5.41) is 2.94. The van der Waals surface area contributed by atoms with E-state index in [1.807, 2.05) is 19.1 Å². The summed E-state index contributed by atoms with van der Waals surface area (Å²) >= 11 is 0. The summed E-state index contributed by atoms with van der Waals surface area (Å²) in [5.74, 6) is 0.411. The molecule has 1 aliphatic carbocycles. The van der Waals surface area contributed by atoms with Crippen LogP contribution in [0.25, 0.3) is 0 Å². The van der Waals surface area contributed by atoms with E-state index in [1.165, 1.54) is 5.56 Å². The van der Waals surface area contributed by atoms with E-state index in [9.17, 15) is 4.79 Å². The molecule has 0 unspecified atom stereocenters. The van der Waals surface area contributed by atoms with Gasteiger partial charge in [0.1, 0.15) is 5.69 Å². The highest BCUT2D eigenvalue weighted by molar-refractivity contribution is 5.92. The zero-order valence-corrected chi connectivity index (χ0v) is 10.1. The largest absolute Gasteiger partial charge is 0.348 e. The predicted octanol–water partition coefficient (Wildman–Crippen LogP) is 2.41. The van der Waals surface area contributed by atoms with E-state index in [0.29, 0.717) is 17.7 Å². The Morgan fingerprint density at radius 2 is 2.12 bits per heavy atom. The Morgan fingerprint density at radius 3 is 2.62 bits per heavy atom. The number of aryl methyl sites for hydroxylation is 1. The molecule has 1 fully saturated rings. The fraction of sp³-hybridized carbons (Fsp3) is 0.538. The van der Waals surface area contributed by atoms with Gasteiger partial charge in [0.25, 0.3) is 5.91 Å². The molecular weight excluding hydrogens is 200 g/mol. The van der Waals surface area contributed by atoms with Crippen LogP contribution in [0.5, 0.6) is 0 Å². The van der Waals surface area contributed by atoms with Crippen LogP contribution in [0, 0.1) is 6.92 Å². The minimum absolute atomic E-state index is 0.0408. The van der Waals surface area contributed by atoms with E-state index >= 15 is 0 Å². The molecule has 1 amide bonds. The third-order valence-corrected chi connectivity index (χ3v) is 2.89. The lowest BCUT2D eigenvalue weighted by Crippen LogP contribution is -2.26. The lowest BCUT2D eigenvalue weighted by atomic mass is 10.0. The highest BCUT2D eigenvalue weighted by Gasteiger charge is 2.24. The molecule has 2 rings (SSSR count). The molecule has 1 aromatic heterocycles. The number of nitrogens with one attached hydrogen (secondary N) is 1. The van der Waals surface area contributed by atoms with Crippen LogP contribution in [0.4, 0.5) is 0 Å². The first-order valence-electron chi connectivity index (χ1n) is 5.86. The van der Waals surface area contributed by atoms with Gasteiger partial charge in [-0.15, -0.1) is 0 Å². The number of hydrogen-bond donors (Lipinski definition) is 1. The Balaban J connectivity index is 2.16. The monoisotopic (exact) mass is 218 g/mol. The van der Waals surface area contributed by atoms with E-state index in [4.69, 9.17) is 0 Å². The molecule has 0 aliphatic heterocycles. The molecule has 1 aromatic rings. The van der Waals surface area contributed by atoms with Crippen LogP contribution in [0.2, 0.25) is 0 Å². The van der Waals surface area contributed by atoms with E-state index < -0.39 is 0 Å². The van der Waals surface area contributed by atoms with Crippen molar-refractivity contribution < 1.29 is 4.79 Å². The van der Waals surface area contributed by atoms with Crippen molar-refractivity contribution in [2.75, 3.05) is 0 Å². The molecule has 1 aliphatic rings. The molecule has 3 heteroatoms. The molecule has 0 atom stereocenters. The quantitative estimate of drug-likeness (QED) is 0.846. The van der Waals surface area contributed by atoms with E-state index in [2.05, 4.69) is 24.1 Å². The second-order valence-corrected chi connectivity index (χ2v) is 4.77. The highest BCUT2D eigenvalue weighted by Crippen LogP contribution is 2.20. The molecule has 86 valence electrons. The minimum Gasteiger partial charge on any atom is -0.348 e. The van der Waals surface area contributed by atoms with Crippen molar-refractivity contribution in [1.29, 1.82) is 0 Å². The van der Waals surface area contributed by atoms with Crippen LogP contribution >= 0.6 is 0 Å². The molecule has 0 aromatic carbocycles. The first-order chi connectivity index (χ1) is 7.58. The Morgan fingerprint density at radius 1 is 1.44 bits per heavy atom. The third kappa shape index (κ3) is 2.40. The Labute approximate surface area is 96.3 Å². The normalized spacial score (nSPS) is 15.2. The van der Waals surface area contributed by atoms with Crippen molar-refractivity contribution in [3.05, 3.63) is 29.1 Å². The molecule has 0 bridgehead atoms. The van der Waals surface area contributed by atoms with Gasteiger partial charge < -0.3 is 5.32 Å². The first-order valence-corrected chi connectivity index (χ1v) is 5.86. The van der Waals surface area contributed by atoms with Gasteiger partial charge in [0, 0.05) is 11.7 Å². The Bertz CT molecular complexity index is 408. The number of carbonyl (C=O) groups is 1.